The molecule has 1 heterocycles. The van der Waals surface area contributed by atoms with Gasteiger partial charge in [0.1, 0.15) is 5.82 Å². The van der Waals surface area contributed by atoms with Gasteiger partial charge >= 0.3 is 0 Å². The van der Waals surface area contributed by atoms with Crippen LogP contribution in [0, 0.1) is 17.1 Å². The van der Waals surface area contributed by atoms with Crippen LogP contribution in [0.25, 0.3) is 17.3 Å². The highest BCUT2D eigenvalue weighted by atomic mass is 19.1. The van der Waals surface area contributed by atoms with Gasteiger partial charge in [0.2, 0.25) is 0 Å². The lowest BCUT2D eigenvalue weighted by Gasteiger charge is -2.10. The average molecular weight is 331 g/mol. The van der Waals surface area contributed by atoms with Gasteiger partial charge in [0.05, 0.1) is 17.6 Å². The normalized spacial score (nSPS) is 11.1. The second kappa shape index (κ2) is 6.85. The summed E-state index contributed by atoms with van der Waals surface area (Å²) in [6.07, 6.45) is 3.43. The molecule has 0 unspecified atom stereocenters. The summed E-state index contributed by atoms with van der Waals surface area (Å²) in [6.45, 7) is 0. The van der Waals surface area contributed by atoms with E-state index in [2.05, 4.69) is 6.07 Å². The summed E-state index contributed by atoms with van der Waals surface area (Å²) >= 11 is 0. The van der Waals surface area contributed by atoms with E-state index >= 15 is 0 Å². The zero-order valence-corrected chi connectivity index (χ0v) is 13.0. The molecular formula is C20H12FN2O2-. The Morgan fingerprint density at radius 1 is 1.08 bits per heavy atom. The van der Waals surface area contributed by atoms with Crippen LogP contribution in [0.1, 0.15) is 21.6 Å². The van der Waals surface area contributed by atoms with Crippen LogP contribution in [0.5, 0.6) is 0 Å². The Labute approximate surface area is 143 Å². The molecule has 5 heteroatoms. The minimum Gasteiger partial charge on any atom is -0.545 e. The number of hydrogen-bond acceptors (Lipinski definition) is 3. The minimum atomic E-state index is -1.25. The second-order valence-corrected chi connectivity index (χ2v) is 5.32. The number of carboxylic acid groups (broad SMARTS) is 1. The van der Waals surface area contributed by atoms with E-state index in [4.69, 9.17) is 0 Å². The smallest absolute Gasteiger partial charge is 0.123 e. The van der Waals surface area contributed by atoms with Crippen LogP contribution in [0.3, 0.4) is 0 Å². The van der Waals surface area contributed by atoms with Crippen molar-refractivity contribution >= 4 is 17.6 Å². The van der Waals surface area contributed by atoms with Crippen LogP contribution >= 0.6 is 0 Å². The maximum atomic E-state index is 13.1. The van der Waals surface area contributed by atoms with Gasteiger partial charge in [-0.1, -0.05) is 24.3 Å². The fraction of sp³-hybridized carbons (Fsp3) is 0. The summed E-state index contributed by atoms with van der Waals surface area (Å²) in [5, 5.41) is 20.5. The molecule has 0 aliphatic heterocycles. The first-order valence-electron chi connectivity index (χ1n) is 7.45. The van der Waals surface area contributed by atoms with Crippen molar-refractivity contribution in [3.05, 3.63) is 89.5 Å². The van der Waals surface area contributed by atoms with E-state index in [1.54, 1.807) is 41.1 Å². The fourth-order valence-electron chi connectivity index (χ4n) is 2.49. The Kier molecular flexibility index (Phi) is 4.44. The predicted molar refractivity (Wildman–Crippen MR) is 90.0 cm³/mol. The van der Waals surface area contributed by atoms with Crippen LogP contribution in [-0.4, -0.2) is 10.5 Å². The maximum absolute atomic E-state index is 13.1. The first-order valence-corrected chi connectivity index (χ1v) is 7.45. The monoisotopic (exact) mass is 331 g/mol. The van der Waals surface area contributed by atoms with Gasteiger partial charge in [-0.2, -0.15) is 5.26 Å². The number of aromatic carboxylic acids is 1. The SMILES string of the molecule is N#C/C(=C/c1cccn1-c1cccc(C(=O)[O-])c1)c1ccc(F)cc1. The number of allylic oxidation sites excluding steroid dienone is 1. The Hall–Kier alpha value is -3.65. The van der Waals surface area contributed by atoms with E-state index in [-0.39, 0.29) is 11.4 Å². The molecule has 2 aromatic carbocycles. The lowest BCUT2D eigenvalue weighted by Crippen LogP contribution is -2.22. The van der Waals surface area contributed by atoms with Crippen molar-refractivity contribution in [3.8, 4) is 11.8 Å². The Morgan fingerprint density at radius 3 is 2.52 bits per heavy atom. The molecule has 0 radical (unpaired) electrons. The molecule has 122 valence electrons. The molecule has 1 aromatic heterocycles. The first kappa shape index (κ1) is 16.2. The van der Waals surface area contributed by atoms with Crippen molar-refractivity contribution in [2.45, 2.75) is 0 Å². The van der Waals surface area contributed by atoms with Gasteiger partial charge in [0.25, 0.3) is 0 Å². The summed E-state index contributed by atoms with van der Waals surface area (Å²) in [5.74, 6) is -1.63. The van der Waals surface area contributed by atoms with Crippen molar-refractivity contribution in [2.24, 2.45) is 0 Å². The topological polar surface area (TPSA) is 68.8 Å². The van der Waals surface area contributed by atoms with Crippen LogP contribution < -0.4 is 5.11 Å². The number of hydrogen-bond donors (Lipinski definition) is 0. The van der Waals surface area contributed by atoms with E-state index in [9.17, 15) is 19.6 Å². The Morgan fingerprint density at radius 2 is 1.84 bits per heavy atom. The molecule has 0 bridgehead atoms. The molecule has 25 heavy (non-hydrogen) atoms. The number of rotatable bonds is 4. The standard InChI is InChI=1S/C20H13FN2O2/c21-17-8-6-14(7-9-17)16(13-22)12-19-5-2-10-23(19)18-4-1-3-15(11-18)20(24)25/h1-12H,(H,24,25)/p-1/b16-12-. The number of aromatic nitrogens is 1. The molecule has 0 saturated carbocycles. The fourth-order valence-corrected chi connectivity index (χ4v) is 2.49. The van der Waals surface area contributed by atoms with Gasteiger partial charge in [-0.15, -0.1) is 0 Å². The van der Waals surface area contributed by atoms with Crippen LogP contribution in [0.15, 0.2) is 66.9 Å². The molecule has 0 N–H and O–H groups in total. The molecule has 0 fully saturated rings. The van der Waals surface area contributed by atoms with Crippen molar-refractivity contribution in [2.75, 3.05) is 0 Å². The molecule has 0 aliphatic rings. The molecule has 4 nitrogen and oxygen atoms in total. The maximum Gasteiger partial charge on any atom is 0.123 e. The second-order valence-electron chi connectivity index (χ2n) is 5.32. The highest BCUT2D eigenvalue weighted by Gasteiger charge is 2.06. The number of nitrogens with zero attached hydrogens (tertiary/aromatic N) is 2. The predicted octanol–water partition coefficient (Wildman–Crippen LogP) is 3.04. The summed E-state index contributed by atoms with van der Waals surface area (Å²) in [7, 11) is 0. The number of carboxylic acids is 1. The van der Waals surface area contributed by atoms with E-state index in [1.807, 2.05) is 0 Å². The third-order valence-electron chi connectivity index (χ3n) is 3.71. The number of nitriles is 1. The molecule has 0 saturated heterocycles. The van der Waals surface area contributed by atoms with E-state index in [0.29, 0.717) is 22.5 Å². The van der Waals surface area contributed by atoms with Crippen molar-refractivity contribution in [1.29, 1.82) is 5.26 Å². The molecular weight excluding hydrogens is 319 g/mol. The van der Waals surface area contributed by atoms with Gasteiger partial charge < -0.3 is 14.5 Å². The highest BCUT2D eigenvalue weighted by Crippen LogP contribution is 2.21. The summed E-state index contributed by atoms with van der Waals surface area (Å²) in [5.41, 5.74) is 2.36. The molecule has 0 spiro atoms. The van der Waals surface area contributed by atoms with E-state index in [1.165, 1.54) is 36.4 Å². The van der Waals surface area contributed by atoms with Crippen molar-refractivity contribution < 1.29 is 14.3 Å². The molecule has 0 atom stereocenters. The Bertz CT molecular complexity index is 995. The van der Waals surface area contributed by atoms with Gasteiger partial charge in [-0.05, 0) is 53.6 Å². The summed E-state index contributed by atoms with van der Waals surface area (Å²) in [6, 6.07) is 17.7. The van der Waals surface area contributed by atoms with Crippen LogP contribution in [0.4, 0.5) is 4.39 Å². The molecule has 3 aromatic rings. The molecule has 0 amide bonds. The number of benzene rings is 2. The van der Waals surface area contributed by atoms with Crippen molar-refractivity contribution in [3.63, 3.8) is 0 Å². The van der Waals surface area contributed by atoms with Gasteiger partial charge in [0, 0.05) is 17.6 Å². The van der Waals surface area contributed by atoms with Crippen LogP contribution in [0.2, 0.25) is 0 Å². The molecule has 0 aliphatic carbocycles. The largest absolute Gasteiger partial charge is 0.545 e. The summed E-state index contributed by atoms with van der Waals surface area (Å²) < 4.78 is 14.8. The number of carbonyl (C=O) groups excluding carboxylic acids is 1. The summed E-state index contributed by atoms with van der Waals surface area (Å²) in [4.78, 5) is 11.0. The quantitative estimate of drug-likeness (QED) is 0.690. The lowest BCUT2D eigenvalue weighted by atomic mass is 10.1. The van der Waals surface area contributed by atoms with Crippen LogP contribution in [-0.2, 0) is 0 Å². The third-order valence-corrected chi connectivity index (χ3v) is 3.71. The van der Waals surface area contributed by atoms with Gasteiger partial charge in [0.15, 0.2) is 0 Å². The Balaban J connectivity index is 2.04. The van der Waals surface area contributed by atoms with Gasteiger partial charge in [-0.25, -0.2) is 4.39 Å². The highest BCUT2D eigenvalue weighted by molar-refractivity contribution is 5.89. The first-order chi connectivity index (χ1) is 12.1. The number of carbonyl (C=O) groups is 1. The lowest BCUT2D eigenvalue weighted by molar-refractivity contribution is -0.255. The average Bonchev–Trinajstić information content (AvgIpc) is 3.09. The zero-order valence-electron chi connectivity index (χ0n) is 13.0. The van der Waals surface area contributed by atoms with Gasteiger partial charge in [-0.3, -0.25) is 0 Å². The zero-order chi connectivity index (χ0) is 17.8. The number of halogens is 1. The van der Waals surface area contributed by atoms with E-state index in [0.717, 1.165) is 0 Å². The molecule has 3 rings (SSSR count). The third kappa shape index (κ3) is 3.48. The van der Waals surface area contributed by atoms with Crippen molar-refractivity contribution in [1.82, 2.24) is 4.57 Å². The van der Waals surface area contributed by atoms with E-state index < -0.39 is 5.97 Å². The minimum absolute atomic E-state index is 0.0696.